The van der Waals surface area contributed by atoms with Crippen molar-refractivity contribution in [1.82, 2.24) is 9.55 Å². The molecule has 2 aromatic rings. The summed E-state index contributed by atoms with van der Waals surface area (Å²) in [6.07, 6.45) is 6.80. The number of anilines is 1. The number of nitrogens with two attached hydrogens (primary N) is 1. The van der Waals surface area contributed by atoms with Crippen LogP contribution in [0.3, 0.4) is 0 Å². The number of halogens is 1. The van der Waals surface area contributed by atoms with Crippen molar-refractivity contribution >= 4 is 21.9 Å². The van der Waals surface area contributed by atoms with Gasteiger partial charge in [0.05, 0.1) is 0 Å². The maximum atomic E-state index is 5.85. The maximum absolute atomic E-state index is 5.85. The summed E-state index contributed by atoms with van der Waals surface area (Å²) in [6, 6.07) is 8.83. The number of nitrogens with zero attached hydrogens (tertiary/aromatic N) is 2. The van der Waals surface area contributed by atoms with Gasteiger partial charge in [0.15, 0.2) is 0 Å². The first-order valence-corrected chi connectivity index (χ1v) is 8.04. The van der Waals surface area contributed by atoms with Gasteiger partial charge in [-0.25, -0.2) is 4.98 Å². The van der Waals surface area contributed by atoms with Gasteiger partial charge in [0.1, 0.15) is 10.3 Å². The first-order chi connectivity index (χ1) is 9.66. The Bertz CT molecular complexity index is 595. The van der Waals surface area contributed by atoms with Crippen LogP contribution in [-0.2, 0) is 7.05 Å². The zero-order chi connectivity index (χ0) is 14.1. The molecule has 0 atom stereocenters. The molecular weight excluding hydrogens is 314 g/mol. The van der Waals surface area contributed by atoms with Crippen LogP contribution in [0.4, 0.5) is 5.95 Å². The molecule has 1 aliphatic carbocycles. The monoisotopic (exact) mass is 333 g/mol. The third-order valence-electron chi connectivity index (χ3n) is 4.32. The van der Waals surface area contributed by atoms with Crippen LogP contribution in [0.2, 0.25) is 0 Å². The van der Waals surface area contributed by atoms with Crippen molar-refractivity contribution in [3.8, 4) is 11.3 Å². The predicted octanol–water partition coefficient (Wildman–Crippen LogP) is 4.48. The van der Waals surface area contributed by atoms with Crippen LogP contribution < -0.4 is 5.73 Å². The van der Waals surface area contributed by atoms with E-state index in [-0.39, 0.29) is 0 Å². The number of benzene rings is 1. The number of aromatic nitrogens is 2. The normalized spacial score (nSPS) is 16.5. The fraction of sp³-hybridized carbons (Fsp3) is 0.438. The third kappa shape index (κ3) is 2.49. The van der Waals surface area contributed by atoms with Gasteiger partial charge < -0.3 is 10.3 Å². The van der Waals surface area contributed by atoms with E-state index in [9.17, 15) is 0 Å². The summed E-state index contributed by atoms with van der Waals surface area (Å²) in [5.41, 5.74) is 9.35. The molecule has 3 rings (SSSR count). The van der Waals surface area contributed by atoms with Crippen LogP contribution in [-0.4, -0.2) is 9.55 Å². The average molecular weight is 334 g/mol. The average Bonchev–Trinajstić information content (AvgIpc) is 2.76. The van der Waals surface area contributed by atoms with Gasteiger partial charge in [0.25, 0.3) is 0 Å². The summed E-state index contributed by atoms with van der Waals surface area (Å²) >= 11 is 3.55. The lowest BCUT2D eigenvalue weighted by Gasteiger charge is -2.22. The highest BCUT2D eigenvalue weighted by Gasteiger charge is 2.16. The number of hydrogen-bond donors (Lipinski definition) is 1. The first kappa shape index (κ1) is 13.7. The van der Waals surface area contributed by atoms with Gasteiger partial charge in [-0.15, -0.1) is 0 Å². The van der Waals surface area contributed by atoms with Crippen molar-refractivity contribution < 1.29 is 0 Å². The molecule has 0 radical (unpaired) electrons. The first-order valence-electron chi connectivity index (χ1n) is 7.25. The Balaban J connectivity index is 1.87. The quantitative estimate of drug-likeness (QED) is 0.880. The molecule has 4 heteroatoms. The van der Waals surface area contributed by atoms with Gasteiger partial charge in [-0.1, -0.05) is 43.5 Å². The number of hydrogen-bond acceptors (Lipinski definition) is 2. The van der Waals surface area contributed by atoms with Crippen LogP contribution in [0.25, 0.3) is 11.3 Å². The Morgan fingerprint density at radius 3 is 2.35 bits per heavy atom. The van der Waals surface area contributed by atoms with Crippen molar-refractivity contribution in [1.29, 1.82) is 0 Å². The zero-order valence-corrected chi connectivity index (χ0v) is 13.4. The molecule has 0 unspecified atom stereocenters. The molecule has 0 amide bonds. The molecule has 3 nitrogen and oxygen atoms in total. The maximum Gasteiger partial charge on any atom is 0.201 e. The van der Waals surface area contributed by atoms with E-state index < -0.39 is 0 Å². The third-order valence-corrected chi connectivity index (χ3v) is 5.23. The number of imidazole rings is 1. The minimum Gasteiger partial charge on any atom is -0.369 e. The minimum absolute atomic E-state index is 0.531. The fourth-order valence-corrected chi connectivity index (χ4v) is 3.53. The molecule has 1 heterocycles. The van der Waals surface area contributed by atoms with Crippen molar-refractivity contribution in [2.75, 3.05) is 5.73 Å². The standard InChI is InChI=1S/C16H20BrN3/c1-20-15(17)14(19-16(20)18)13-9-7-12(8-10-13)11-5-3-2-4-6-11/h7-11H,2-6H2,1H3,(H2,18,19). The Kier molecular flexibility index (Phi) is 3.83. The molecule has 1 aliphatic rings. The molecule has 20 heavy (non-hydrogen) atoms. The van der Waals surface area contributed by atoms with Gasteiger partial charge in [-0.3, -0.25) is 0 Å². The van der Waals surface area contributed by atoms with Crippen LogP contribution in [0.15, 0.2) is 28.9 Å². The van der Waals surface area contributed by atoms with Crippen molar-refractivity contribution in [2.45, 2.75) is 38.0 Å². The molecule has 1 fully saturated rings. The number of nitrogen functional groups attached to an aromatic ring is 1. The van der Waals surface area contributed by atoms with E-state index >= 15 is 0 Å². The van der Waals surface area contributed by atoms with Crippen LogP contribution in [0.5, 0.6) is 0 Å². The Morgan fingerprint density at radius 1 is 1.15 bits per heavy atom. The molecule has 0 aliphatic heterocycles. The fourth-order valence-electron chi connectivity index (χ4n) is 3.03. The van der Waals surface area contributed by atoms with Crippen LogP contribution in [0, 0.1) is 0 Å². The van der Waals surface area contributed by atoms with Crippen LogP contribution >= 0.6 is 15.9 Å². The van der Waals surface area contributed by atoms with E-state index in [1.54, 1.807) is 0 Å². The molecule has 1 aromatic carbocycles. The SMILES string of the molecule is Cn1c(N)nc(-c2ccc(C3CCCCC3)cc2)c1Br. The lowest BCUT2D eigenvalue weighted by molar-refractivity contribution is 0.443. The number of rotatable bonds is 2. The molecule has 0 bridgehead atoms. The molecule has 2 N–H and O–H groups in total. The van der Waals surface area contributed by atoms with E-state index in [1.807, 2.05) is 11.6 Å². The minimum atomic E-state index is 0.531. The Hall–Kier alpha value is -1.29. The van der Waals surface area contributed by atoms with Gasteiger partial charge in [0.2, 0.25) is 5.95 Å². The van der Waals surface area contributed by atoms with E-state index in [4.69, 9.17) is 5.73 Å². The van der Waals surface area contributed by atoms with Gasteiger partial charge >= 0.3 is 0 Å². The molecule has 0 spiro atoms. The lowest BCUT2D eigenvalue weighted by atomic mass is 9.84. The highest BCUT2D eigenvalue weighted by atomic mass is 79.9. The Labute approximate surface area is 128 Å². The van der Waals surface area contributed by atoms with Crippen molar-refractivity contribution in [3.63, 3.8) is 0 Å². The molecule has 1 aromatic heterocycles. The molecule has 1 saturated carbocycles. The second kappa shape index (κ2) is 5.60. The van der Waals surface area contributed by atoms with Gasteiger partial charge in [0, 0.05) is 12.6 Å². The molecule has 106 valence electrons. The molecular formula is C16H20BrN3. The lowest BCUT2D eigenvalue weighted by Crippen LogP contribution is -2.04. The largest absolute Gasteiger partial charge is 0.369 e. The summed E-state index contributed by atoms with van der Waals surface area (Å²) in [5, 5.41) is 0. The van der Waals surface area contributed by atoms with Crippen molar-refractivity contribution in [3.05, 3.63) is 34.4 Å². The summed E-state index contributed by atoms with van der Waals surface area (Å²) < 4.78 is 2.78. The van der Waals surface area contributed by atoms with E-state index in [2.05, 4.69) is 45.2 Å². The van der Waals surface area contributed by atoms with E-state index in [0.29, 0.717) is 5.95 Å². The van der Waals surface area contributed by atoms with Crippen molar-refractivity contribution in [2.24, 2.45) is 7.05 Å². The summed E-state index contributed by atoms with van der Waals surface area (Å²) in [6.45, 7) is 0. The highest BCUT2D eigenvalue weighted by molar-refractivity contribution is 9.10. The van der Waals surface area contributed by atoms with E-state index in [0.717, 1.165) is 21.8 Å². The van der Waals surface area contributed by atoms with Gasteiger partial charge in [-0.05, 0) is 40.3 Å². The van der Waals surface area contributed by atoms with Gasteiger partial charge in [-0.2, -0.15) is 0 Å². The zero-order valence-electron chi connectivity index (χ0n) is 11.8. The summed E-state index contributed by atoms with van der Waals surface area (Å²) in [5.74, 6) is 1.28. The smallest absolute Gasteiger partial charge is 0.201 e. The Morgan fingerprint density at radius 2 is 1.80 bits per heavy atom. The predicted molar refractivity (Wildman–Crippen MR) is 86.6 cm³/mol. The molecule has 0 saturated heterocycles. The summed E-state index contributed by atoms with van der Waals surface area (Å²) in [7, 11) is 1.91. The highest BCUT2D eigenvalue weighted by Crippen LogP contribution is 2.34. The second-order valence-electron chi connectivity index (χ2n) is 5.63. The van der Waals surface area contributed by atoms with Crippen LogP contribution in [0.1, 0.15) is 43.6 Å². The summed E-state index contributed by atoms with van der Waals surface area (Å²) in [4.78, 5) is 4.42. The second-order valence-corrected chi connectivity index (χ2v) is 6.38. The van der Waals surface area contributed by atoms with E-state index in [1.165, 1.54) is 37.7 Å². The topological polar surface area (TPSA) is 43.8 Å².